The summed E-state index contributed by atoms with van der Waals surface area (Å²) in [4.78, 5) is 0.236. The molecule has 1 aliphatic rings. The van der Waals surface area contributed by atoms with Gasteiger partial charge in [0.05, 0.1) is 11.5 Å². The predicted octanol–water partition coefficient (Wildman–Crippen LogP) is 3.19. The monoisotopic (exact) mass is 375 g/mol. The minimum atomic E-state index is -3.54. The third-order valence-corrected chi connectivity index (χ3v) is 6.67. The second-order valence-electron chi connectivity index (χ2n) is 5.60. The highest BCUT2D eigenvalue weighted by atomic mass is 79.9. The summed E-state index contributed by atoms with van der Waals surface area (Å²) in [5.74, 6) is 0.420. The first-order chi connectivity index (χ1) is 9.97. The smallest absolute Gasteiger partial charge is 0.241 e. The Bertz CT molecular complexity index is 589. The number of halogens is 1. The molecule has 1 saturated carbocycles. The van der Waals surface area contributed by atoms with Crippen molar-refractivity contribution in [3.05, 3.63) is 28.2 Å². The Morgan fingerprint density at radius 2 is 2.05 bits per heavy atom. The first-order valence-electron chi connectivity index (χ1n) is 7.39. The summed E-state index contributed by atoms with van der Waals surface area (Å²) in [6.45, 7) is 2.01. The molecule has 2 atom stereocenters. The van der Waals surface area contributed by atoms with Gasteiger partial charge in [-0.05, 0) is 52.4 Å². The number of rotatable bonds is 5. The summed E-state index contributed by atoms with van der Waals surface area (Å²) in [5.41, 5.74) is 0.685. The van der Waals surface area contributed by atoms with Crippen molar-refractivity contribution in [1.82, 2.24) is 4.72 Å². The molecule has 0 bridgehead atoms. The van der Waals surface area contributed by atoms with Crippen molar-refractivity contribution in [2.24, 2.45) is 5.92 Å². The van der Waals surface area contributed by atoms with E-state index in [1.165, 1.54) is 6.42 Å². The van der Waals surface area contributed by atoms with Gasteiger partial charge in [0.15, 0.2) is 0 Å². The number of hydrogen-bond donors (Lipinski definition) is 2. The highest BCUT2D eigenvalue weighted by Gasteiger charge is 2.29. The average molecular weight is 376 g/mol. The van der Waals surface area contributed by atoms with Gasteiger partial charge < -0.3 is 5.11 Å². The number of hydrogen-bond acceptors (Lipinski definition) is 3. The van der Waals surface area contributed by atoms with E-state index in [9.17, 15) is 8.42 Å². The zero-order valence-corrected chi connectivity index (χ0v) is 14.6. The van der Waals surface area contributed by atoms with E-state index >= 15 is 0 Å². The van der Waals surface area contributed by atoms with Gasteiger partial charge in [-0.25, -0.2) is 13.1 Å². The second-order valence-corrected chi connectivity index (χ2v) is 8.14. The lowest BCUT2D eigenvalue weighted by molar-refractivity contribution is 0.281. The van der Waals surface area contributed by atoms with E-state index in [1.807, 2.05) is 0 Å². The molecule has 0 aliphatic heterocycles. The molecule has 0 heterocycles. The fourth-order valence-corrected chi connectivity index (χ4v) is 5.44. The van der Waals surface area contributed by atoms with Gasteiger partial charge in [0.2, 0.25) is 10.0 Å². The number of aliphatic hydroxyl groups is 1. The van der Waals surface area contributed by atoms with Crippen LogP contribution in [0.15, 0.2) is 27.6 Å². The molecule has 4 nitrogen and oxygen atoms in total. The van der Waals surface area contributed by atoms with Gasteiger partial charge in [0, 0.05) is 10.5 Å². The van der Waals surface area contributed by atoms with E-state index in [0.717, 1.165) is 25.7 Å². The number of benzene rings is 1. The molecular weight excluding hydrogens is 354 g/mol. The zero-order chi connectivity index (χ0) is 15.5. The summed E-state index contributed by atoms with van der Waals surface area (Å²) >= 11 is 3.29. The van der Waals surface area contributed by atoms with Crippen molar-refractivity contribution >= 4 is 26.0 Å². The van der Waals surface area contributed by atoms with Crippen LogP contribution >= 0.6 is 15.9 Å². The topological polar surface area (TPSA) is 66.4 Å². The molecule has 0 amide bonds. The third-order valence-electron chi connectivity index (χ3n) is 4.21. The van der Waals surface area contributed by atoms with Gasteiger partial charge in [0.1, 0.15) is 0 Å². The van der Waals surface area contributed by atoms with Crippen LogP contribution in [0.1, 0.15) is 44.6 Å². The van der Waals surface area contributed by atoms with Gasteiger partial charge in [-0.1, -0.05) is 32.3 Å². The molecule has 118 valence electrons. The molecule has 1 fully saturated rings. The van der Waals surface area contributed by atoms with Crippen LogP contribution in [-0.4, -0.2) is 19.6 Å². The van der Waals surface area contributed by atoms with Crippen molar-refractivity contribution in [2.75, 3.05) is 0 Å². The van der Waals surface area contributed by atoms with Gasteiger partial charge >= 0.3 is 0 Å². The van der Waals surface area contributed by atoms with Crippen LogP contribution in [0.3, 0.4) is 0 Å². The van der Waals surface area contributed by atoms with Crippen molar-refractivity contribution in [3.63, 3.8) is 0 Å². The second kappa shape index (κ2) is 7.22. The largest absolute Gasteiger partial charge is 0.392 e. The Balaban J connectivity index is 2.21. The van der Waals surface area contributed by atoms with Crippen LogP contribution in [0.25, 0.3) is 0 Å². The minimum Gasteiger partial charge on any atom is -0.392 e. The molecule has 0 aromatic heterocycles. The highest BCUT2D eigenvalue weighted by Crippen LogP contribution is 2.29. The quantitative estimate of drug-likeness (QED) is 0.830. The molecule has 1 aromatic rings. The first kappa shape index (κ1) is 16.9. The van der Waals surface area contributed by atoms with Crippen molar-refractivity contribution in [2.45, 2.75) is 56.6 Å². The third kappa shape index (κ3) is 4.06. The summed E-state index contributed by atoms with van der Waals surface area (Å²) in [7, 11) is -3.54. The first-order valence-corrected chi connectivity index (χ1v) is 9.67. The molecule has 2 unspecified atom stereocenters. The van der Waals surface area contributed by atoms with Crippen molar-refractivity contribution in [1.29, 1.82) is 0 Å². The number of sulfonamides is 1. The summed E-state index contributed by atoms with van der Waals surface area (Å²) in [6.07, 6.45) is 5.26. The Kier molecular flexibility index (Phi) is 5.82. The van der Waals surface area contributed by atoms with Gasteiger partial charge in [-0.15, -0.1) is 0 Å². The van der Waals surface area contributed by atoms with Crippen LogP contribution in [0.2, 0.25) is 0 Å². The van der Waals surface area contributed by atoms with Crippen LogP contribution < -0.4 is 4.72 Å². The molecule has 1 aromatic carbocycles. The van der Waals surface area contributed by atoms with E-state index in [1.54, 1.807) is 18.2 Å². The Hall–Kier alpha value is -0.430. The van der Waals surface area contributed by atoms with Crippen LogP contribution in [0.5, 0.6) is 0 Å². The molecule has 21 heavy (non-hydrogen) atoms. The van der Waals surface area contributed by atoms with Crippen molar-refractivity contribution in [3.8, 4) is 0 Å². The molecule has 6 heteroatoms. The van der Waals surface area contributed by atoms with E-state index in [-0.39, 0.29) is 17.5 Å². The van der Waals surface area contributed by atoms with E-state index in [4.69, 9.17) is 5.11 Å². The SMILES string of the molecule is CCC1CCCCC1NS(=O)(=O)c1ccc(CO)cc1Br. The van der Waals surface area contributed by atoms with Gasteiger partial charge in [-0.2, -0.15) is 0 Å². The summed E-state index contributed by atoms with van der Waals surface area (Å²) in [5, 5.41) is 9.10. The Morgan fingerprint density at radius 3 is 2.67 bits per heavy atom. The number of aliphatic hydroxyl groups excluding tert-OH is 1. The highest BCUT2D eigenvalue weighted by molar-refractivity contribution is 9.10. The molecule has 0 spiro atoms. The predicted molar refractivity (Wildman–Crippen MR) is 86.4 cm³/mol. The van der Waals surface area contributed by atoms with E-state index in [0.29, 0.717) is 16.0 Å². The maximum atomic E-state index is 12.6. The van der Waals surface area contributed by atoms with Gasteiger partial charge in [0.25, 0.3) is 0 Å². The Morgan fingerprint density at radius 1 is 1.33 bits per heavy atom. The lowest BCUT2D eigenvalue weighted by Crippen LogP contribution is -2.41. The van der Waals surface area contributed by atoms with Crippen LogP contribution in [0.4, 0.5) is 0 Å². The average Bonchev–Trinajstić information content (AvgIpc) is 2.47. The maximum absolute atomic E-state index is 12.6. The molecule has 0 saturated heterocycles. The molecule has 2 N–H and O–H groups in total. The van der Waals surface area contributed by atoms with Gasteiger partial charge in [-0.3, -0.25) is 0 Å². The van der Waals surface area contributed by atoms with Crippen molar-refractivity contribution < 1.29 is 13.5 Å². The summed E-state index contributed by atoms with van der Waals surface area (Å²) < 4.78 is 28.5. The lowest BCUT2D eigenvalue weighted by atomic mass is 9.83. The molecule has 2 rings (SSSR count). The Labute approximate surface area is 135 Å². The van der Waals surface area contributed by atoms with E-state index in [2.05, 4.69) is 27.6 Å². The minimum absolute atomic E-state index is 0.0261. The zero-order valence-electron chi connectivity index (χ0n) is 12.2. The summed E-state index contributed by atoms with van der Waals surface area (Å²) in [6, 6.07) is 4.85. The lowest BCUT2D eigenvalue weighted by Gasteiger charge is -2.31. The van der Waals surface area contributed by atoms with Crippen LogP contribution in [0, 0.1) is 5.92 Å². The van der Waals surface area contributed by atoms with Crippen LogP contribution in [-0.2, 0) is 16.6 Å². The molecule has 1 aliphatic carbocycles. The molecule has 0 radical (unpaired) electrons. The normalized spacial score (nSPS) is 23.2. The number of nitrogens with one attached hydrogen (secondary N) is 1. The van der Waals surface area contributed by atoms with E-state index < -0.39 is 10.0 Å². The maximum Gasteiger partial charge on any atom is 0.241 e. The molecular formula is C15H22BrNO3S. The fraction of sp³-hybridized carbons (Fsp3) is 0.600. The fourth-order valence-electron chi connectivity index (χ4n) is 2.97. The standard InChI is InChI=1S/C15H22BrNO3S/c1-2-12-5-3-4-6-14(12)17-21(19,20)15-8-7-11(10-18)9-13(15)16/h7-9,12,14,17-18H,2-6,10H2,1H3.